The van der Waals surface area contributed by atoms with E-state index in [1.54, 1.807) is 6.92 Å². The Bertz CT molecular complexity index is 392. The van der Waals surface area contributed by atoms with Crippen molar-refractivity contribution in [2.24, 2.45) is 5.73 Å². The first-order chi connectivity index (χ1) is 9.00. The second-order valence-corrected chi connectivity index (χ2v) is 4.73. The summed E-state index contributed by atoms with van der Waals surface area (Å²) in [5.41, 5.74) is 5.88. The molecule has 0 aromatic heterocycles. The summed E-state index contributed by atoms with van der Waals surface area (Å²) in [5, 5.41) is 0. The molecule has 0 saturated heterocycles. The topological polar surface area (TPSA) is 61.5 Å². The highest BCUT2D eigenvalue weighted by atomic mass is 16.5. The van der Waals surface area contributed by atoms with Gasteiger partial charge in [0, 0.05) is 13.0 Å². The van der Waals surface area contributed by atoms with Crippen LogP contribution in [0.25, 0.3) is 0 Å². The molecule has 4 heteroatoms. The molecule has 19 heavy (non-hydrogen) atoms. The van der Waals surface area contributed by atoms with E-state index >= 15 is 0 Å². The molecule has 0 heterocycles. The molecule has 1 atom stereocenters. The molecule has 106 valence electrons. The second-order valence-electron chi connectivity index (χ2n) is 4.73. The maximum atomic E-state index is 12.1. The first-order valence-corrected chi connectivity index (χ1v) is 6.64. The van der Waals surface area contributed by atoms with Crippen molar-refractivity contribution in [3.8, 4) is 0 Å². The molecule has 1 unspecified atom stereocenters. The average Bonchev–Trinajstić information content (AvgIpc) is 2.39. The van der Waals surface area contributed by atoms with Gasteiger partial charge >= 0.3 is 5.97 Å². The maximum Gasteiger partial charge on any atom is 0.330 e. The number of rotatable bonds is 7. The van der Waals surface area contributed by atoms with Crippen molar-refractivity contribution < 1.29 is 14.3 Å². The van der Waals surface area contributed by atoms with Crippen molar-refractivity contribution >= 4 is 5.97 Å². The van der Waals surface area contributed by atoms with Crippen LogP contribution in [0.1, 0.15) is 32.8 Å². The van der Waals surface area contributed by atoms with Crippen molar-refractivity contribution in [1.82, 2.24) is 0 Å². The van der Waals surface area contributed by atoms with Gasteiger partial charge in [0.25, 0.3) is 0 Å². The number of benzene rings is 1. The number of ether oxygens (including phenoxy) is 2. The van der Waals surface area contributed by atoms with Gasteiger partial charge in [0.05, 0.1) is 12.7 Å². The first-order valence-electron chi connectivity index (χ1n) is 6.64. The number of carbonyl (C=O) groups is 1. The molecule has 0 fully saturated rings. The number of hydrogen-bond acceptors (Lipinski definition) is 4. The van der Waals surface area contributed by atoms with Crippen LogP contribution >= 0.6 is 0 Å². The Kier molecular flexibility index (Phi) is 5.99. The van der Waals surface area contributed by atoms with Crippen LogP contribution in [-0.2, 0) is 19.8 Å². The fourth-order valence-corrected chi connectivity index (χ4v) is 1.82. The minimum absolute atomic E-state index is 0.113. The lowest BCUT2D eigenvalue weighted by Crippen LogP contribution is -2.47. The van der Waals surface area contributed by atoms with Gasteiger partial charge < -0.3 is 15.2 Å². The van der Waals surface area contributed by atoms with E-state index < -0.39 is 11.5 Å². The van der Waals surface area contributed by atoms with Gasteiger partial charge in [0.1, 0.15) is 5.54 Å². The molecule has 0 radical (unpaired) electrons. The Morgan fingerprint density at radius 2 is 1.95 bits per heavy atom. The molecule has 2 N–H and O–H groups in total. The van der Waals surface area contributed by atoms with Gasteiger partial charge in [-0.2, -0.15) is 0 Å². The lowest BCUT2D eigenvalue weighted by Gasteiger charge is -2.27. The van der Waals surface area contributed by atoms with Crippen molar-refractivity contribution in [3.63, 3.8) is 0 Å². The van der Waals surface area contributed by atoms with Gasteiger partial charge in [0.15, 0.2) is 0 Å². The Labute approximate surface area is 114 Å². The lowest BCUT2D eigenvalue weighted by atomic mass is 9.88. The van der Waals surface area contributed by atoms with E-state index in [4.69, 9.17) is 15.2 Å². The van der Waals surface area contributed by atoms with Crippen LogP contribution in [-0.4, -0.2) is 25.3 Å². The second kappa shape index (κ2) is 7.26. The van der Waals surface area contributed by atoms with Crippen LogP contribution in [0.5, 0.6) is 0 Å². The zero-order valence-electron chi connectivity index (χ0n) is 11.9. The molecule has 0 amide bonds. The fourth-order valence-electron chi connectivity index (χ4n) is 1.82. The lowest BCUT2D eigenvalue weighted by molar-refractivity contribution is -0.151. The minimum Gasteiger partial charge on any atom is -0.464 e. The van der Waals surface area contributed by atoms with Crippen LogP contribution in [0, 0.1) is 0 Å². The summed E-state index contributed by atoms with van der Waals surface area (Å²) < 4.78 is 10.6. The summed E-state index contributed by atoms with van der Waals surface area (Å²) in [4.78, 5) is 12.1. The molecule has 0 aliphatic carbocycles. The molecular formula is C15H23NO3. The van der Waals surface area contributed by atoms with Crippen molar-refractivity contribution in [2.45, 2.75) is 38.8 Å². The standard InChI is InChI=1S/C15H23NO3/c1-4-18-14(17)15(16,10-11-19-12(2)3)13-8-6-5-7-9-13/h5-9,12H,4,10-11,16H2,1-3H3. The molecule has 0 aliphatic rings. The third kappa shape index (κ3) is 4.33. The SMILES string of the molecule is CCOC(=O)C(N)(CCOC(C)C)c1ccccc1. The summed E-state index contributed by atoms with van der Waals surface area (Å²) in [7, 11) is 0. The smallest absolute Gasteiger partial charge is 0.330 e. The maximum absolute atomic E-state index is 12.1. The van der Waals surface area contributed by atoms with Crippen LogP contribution in [0.15, 0.2) is 30.3 Å². The Balaban J connectivity index is 2.87. The molecule has 4 nitrogen and oxygen atoms in total. The monoisotopic (exact) mass is 265 g/mol. The van der Waals surface area contributed by atoms with Gasteiger partial charge in [-0.3, -0.25) is 0 Å². The van der Waals surface area contributed by atoms with Crippen LogP contribution in [0.2, 0.25) is 0 Å². The Hall–Kier alpha value is -1.39. The predicted molar refractivity (Wildman–Crippen MR) is 74.6 cm³/mol. The van der Waals surface area contributed by atoms with Crippen molar-refractivity contribution in [2.75, 3.05) is 13.2 Å². The van der Waals surface area contributed by atoms with Gasteiger partial charge in [-0.15, -0.1) is 0 Å². The molecule has 0 spiro atoms. The van der Waals surface area contributed by atoms with Crippen LogP contribution in [0.3, 0.4) is 0 Å². The van der Waals surface area contributed by atoms with E-state index in [9.17, 15) is 4.79 Å². The zero-order valence-corrected chi connectivity index (χ0v) is 11.9. The highest BCUT2D eigenvalue weighted by Crippen LogP contribution is 2.24. The third-order valence-electron chi connectivity index (χ3n) is 2.88. The summed E-state index contributed by atoms with van der Waals surface area (Å²) in [6, 6.07) is 9.29. The van der Waals surface area contributed by atoms with Gasteiger partial charge in [-0.25, -0.2) is 4.79 Å². The van der Waals surface area contributed by atoms with Crippen molar-refractivity contribution in [1.29, 1.82) is 0 Å². The number of hydrogen-bond donors (Lipinski definition) is 1. The summed E-state index contributed by atoms with van der Waals surface area (Å²) in [6.07, 6.45) is 0.510. The molecule has 1 aromatic carbocycles. The van der Waals surface area contributed by atoms with E-state index in [0.29, 0.717) is 19.6 Å². The summed E-state index contributed by atoms with van der Waals surface area (Å²) in [5.74, 6) is -0.409. The van der Waals surface area contributed by atoms with E-state index in [2.05, 4.69) is 0 Å². The number of esters is 1. The van der Waals surface area contributed by atoms with Gasteiger partial charge in [-0.1, -0.05) is 30.3 Å². The fraction of sp³-hybridized carbons (Fsp3) is 0.533. The summed E-state index contributed by atoms with van der Waals surface area (Å²) in [6.45, 7) is 6.40. The van der Waals surface area contributed by atoms with Gasteiger partial charge in [-0.05, 0) is 26.3 Å². The molecule has 0 saturated carbocycles. The molecule has 0 aliphatic heterocycles. The predicted octanol–water partition coefficient (Wildman–Crippen LogP) is 2.22. The third-order valence-corrected chi connectivity index (χ3v) is 2.88. The minimum atomic E-state index is -1.15. The normalized spacial score (nSPS) is 14.2. The quantitative estimate of drug-likeness (QED) is 0.768. The van der Waals surface area contributed by atoms with Gasteiger partial charge in [0.2, 0.25) is 0 Å². The zero-order chi connectivity index (χ0) is 14.3. The summed E-state index contributed by atoms with van der Waals surface area (Å²) >= 11 is 0. The van der Waals surface area contributed by atoms with Crippen LogP contribution < -0.4 is 5.73 Å². The highest BCUT2D eigenvalue weighted by molar-refractivity contribution is 5.82. The Morgan fingerprint density at radius 3 is 2.47 bits per heavy atom. The molecule has 0 bridgehead atoms. The Morgan fingerprint density at radius 1 is 1.32 bits per heavy atom. The van der Waals surface area contributed by atoms with E-state index in [1.165, 1.54) is 0 Å². The molecule has 1 rings (SSSR count). The van der Waals surface area contributed by atoms with E-state index in [1.807, 2.05) is 44.2 Å². The molecular weight excluding hydrogens is 242 g/mol. The number of nitrogens with two attached hydrogens (primary N) is 1. The average molecular weight is 265 g/mol. The first kappa shape index (κ1) is 15.7. The highest BCUT2D eigenvalue weighted by Gasteiger charge is 2.37. The van der Waals surface area contributed by atoms with Crippen molar-refractivity contribution in [3.05, 3.63) is 35.9 Å². The van der Waals surface area contributed by atoms with E-state index in [0.717, 1.165) is 5.56 Å². The van der Waals surface area contributed by atoms with Crippen LogP contribution in [0.4, 0.5) is 0 Å². The van der Waals surface area contributed by atoms with E-state index in [-0.39, 0.29) is 6.10 Å². The largest absolute Gasteiger partial charge is 0.464 e. The number of carbonyl (C=O) groups excluding carboxylic acids is 1. The molecule has 1 aromatic rings.